The largest absolute Gasteiger partial charge is 1.00 e. The molecule has 4 aromatic carbocycles. The Morgan fingerprint density at radius 1 is 0.710 bits per heavy atom. The third-order valence-corrected chi connectivity index (χ3v) is 8.54. The summed E-state index contributed by atoms with van der Waals surface area (Å²) < 4.78 is 177. The van der Waals surface area contributed by atoms with Gasteiger partial charge in [0.25, 0.3) is 0 Å². The van der Waals surface area contributed by atoms with E-state index in [9.17, 15) is 44.6 Å². The molecule has 1 radical (unpaired) electrons. The molecule has 0 bridgehead atoms. The summed E-state index contributed by atoms with van der Waals surface area (Å²) in [5.74, 6) is -2.39. The van der Waals surface area contributed by atoms with Crippen LogP contribution in [0, 0.1) is 19.1 Å². The number of nitrogens with one attached hydrogen (secondary N) is 1. The fourth-order valence-corrected chi connectivity index (χ4v) is 5.31. The number of phenols is 2. The summed E-state index contributed by atoms with van der Waals surface area (Å²) >= 11 is 0. The molecule has 4 aromatic rings. The monoisotopic (exact) mass is 1080 g/mol. The number of nitrogens with zero attached hydrogens (tertiary/aromatic N) is 4. The van der Waals surface area contributed by atoms with E-state index in [1.54, 1.807) is 0 Å². The average molecular weight is 1080 g/mol. The molecule has 0 heterocycles. The molecule has 37 heteroatoms. The van der Waals surface area contributed by atoms with Crippen LogP contribution >= 0.6 is 0 Å². The molecule has 25 nitrogen and oxygen atoms in total. The molecule has 0 aromatic heterocycles. The zero-order chi connectivity index (χ0) is 43.2. The fraction of sp³-hybridized carbons (Fsp3) is 0.0800. The summed E-state index contributed by atoms with van der Waals surface area (Å²) in [6, 6.07) is 15.6. The molecule has 0 spiro atoms. The number of sulfone groups is 1. The first kappa shape index (κ1) is 73.7. The zero-order valence-corrected chi connectivity index (χ0v) is 48.0. The van der Waals surface area contributed by atoms with Gasteiger partial charge in [0.2, 0.25) is 10.4 Å². The molecular weight excluding hydrogens is 1060 g/mol. The van der Waals surface area contributed by atoms with Crippen LogP contribution in [0.5, 0.6) is 11.5 Å². The van der Waals surface area contributed by atoms with Crippen LogP contribution in [-0.4, -0.2) is 99.0 Å². The Morgan fingerprint density at radius 2 is 1.21 bits per heavy atom. The topological polar surface area (TPSA) is 430 Å². The second kappa shape index (κ2) is 33.6. The summed E-state index contributed by atoms with van der Waals surface area (Å²) in [6.07, 6.45) is 0. The van der Waals surface area contributed by atoms with Gasteiger partial charge in [0.15, 0.2) is 9.84 Å². The van der Waals surface area contributed by atoms with E-state index < -0.39 is 94.5 Å². The maximum atomic E-state index is 12.3. The first-order valence-electron chi connectivity index (χ1n) is 13.3. The van der Waals surface area contributed by atoms with E-state index in [-0.39, 0.29) is 204 Å². The van der Waals surface area contributed by atoms with Crippen LogP contribution in [0.4, 0.5) is 28.4 Å². The predicted octanol–water partition coefficient (Wildman–Crippen LogP) is -13.9. The molecular formula is C25H19CuN5Na5O20S6-. The van der Waals surface area contributed by atoms with Gasteiger partial charge in [-0.2, -0.15) is 39.6 Å². The van der Waals surface area contributed by atoms with Crippen LogP contribution in [0.1, 0.15) is 0 Å². The van der Waals surface area contributed by atoms with E-state index in [0.717, 1.165) is 18.2 Å². The average Bonchev–Trinajstić information content (AvgIpc) is 3.04. The van der Waals surface area contributed by atoms with Gasteiger partial charge in [-0.25, -0.2) is 38.8 Å². The number of anilines is 1. The summed E-state index contributed by atoms with van der Waals surface area (Å²) in [7, 11) is -25.1. The second-order valence-corrected chi connectivity index (χ2v) is 15.9. The molecule has 0 fully saturated rings. The van der Waals surface area contributed by atoms with Crippen molar-refractivity contribution in [1.82, 2.24) is 0 Å². The second-order valence-electron chi connectivity index (χ2n) is 9.34. The van der Waals surface area contributed by atoms with Gasteiger partial charge >= 0.3 is 169 Å². The summed E-state index contributed by atoms with van der Waals surface area (Å²) in [5.41, 5.74) is -1.20. The van der Waals surface area contributed by atoms with Gasteiger partial charge in [-0.05, 0) is 24.3 Å². The van der Waals surface area contributed by atoms with Gasteiger partial charge in [0.05, 0.1) is 21.2 Å². The van der Waals surface area contributed by atoms with Crippen molar-refractivity contribution in [2.75, 3.05) is 16.9 Å². The van der Waals surface area contributed by atoms with Crippen molar-refractivity contribution in [2.24, 2.45) is 20.5 Å². The van der Waals surface area contributed by atoms with Gasteiger partial charge < -0.3 is 36.1 Å². The summed E-state index contributed by atoms with van der Waals surface area (Å²) in [5, 5.41) is 38.6. The van der Waals surface area contributed by atoms with Gasteiger partial charge in [-0.1, -0.05) is 22.6 Å². The molecule has 4 N–H and O–H groups in total. The van der Waals surface area contributed by atoms with Crippen LogP contribution in [-0.2, 0) is 78.8 Å². The smallest absolute Gasteiger partial charge is 0.747 e. The number of azo groups is 2. The Labute approximate surface area is 477 Å². The van der Waals surface area contributed by atoms with Crippen molar-refractivity contribution in [3.63, 3.8) is 0 Å². The Bertz CT molecular complexity index is 2820. The predicted molar refractivity (Wildman–Crippen MR) is 181 cm³/mol. The van der Waals surface area contributed by atoms with E-state index >= 15 is 0 Å². The van der Waals surface area contributed by atoms with Crippen LogP contribution < -0.4 is 153 Å². The van der Waals surface area contributed by atoms with Crippen molar-refractivity contribution in [2.45, 2.75) is 9.79 Å². The first-order chi connectivity index (χ1) is 25.6. The number of fused-ring (bicyclic) bond motifs is 1. The van der Waals surface area contributed by atoms with E-state index in [4.69, 9.17) is 42.8 Å². The van der Waals surface area contributed by atoms with Crippen molar-refractivity contribution in [1.29, 1.82) is 0 Å². The third-order valence-electron chi connectivity index (χ3n) is 5.65. The standard InChI is InChI=1S/C25H20N5O10S3.Cu.5Na.H2O4S.2O3S/c1-2-41(33,34)15-7-12-23(43(38,39)40)21(13-15)29-30-24-16-8-11-20(28-27-18-5-3-4-6-22(18)31)25(32)17(16)9-10-19(24)26-14-42(35,36)37;;;;;;;1-5(2,3)4;2*1-4(2)3/h4-10,12-13,26,31-32H,1-2,14H2,(H,35,36,37)(H,38,39,40);;;;;;;(H2,1,2,3,4);;/q-3;;5*+1;;;/p-3. The maximum Gasteiger partial charge on any atom is 1.00 e. The normalized spacial score (nSPS) is 10.6. The third kappa shape index (κ3) is 29.0. The number of hydrogen-bond donors (Lipinski definition) is 4. The van der Waals surface area contributed by atoms with E-state index in [0.29, 0.717) is 0 Å². The molecule has 0 saturated carbocycles. The zero-order valence-electron chi connectivity index (χ0n) is 32.1. The van der Waals surface area contributed by atoms with Crippen LogP contribution in [0.3, 0.4) is 0 Å². The van der Waals surface area contributed by atoms with Crippen LogP contribution in [0.2, 0.25) is 0 Å². The fourth-order valence-electron chi connectivity index (χ4n) is 3.59. The molecule has 0 aliphatic heterocycles. The Kier molecular flexibility index (Phi) is 39.9. The quantitative estimate of drug-likeness (QED) is 0.0377. The molecule has 0 aliphatic rings. The van der Waals surface area contributed by atoms with Crippen LogP contribution in [0.15, 0.2) is 84.8 Å². The molecule has 0 unspecified atom stereocenters. The van der Waals surface area contributed by atoms with Crippen molar-refractivity contribution in [3.8, 4) is 11.5 Å². The molecule has 62 heavy (non-hydrogen) atoms. The minimum atomic E-state index is -5.17. The molecule has 0 saturated heterocycles. The van der Waals surface area contributed by atoms with Gasteiger partial charge in [0.1, 0.15) is 31.8 Å². The van der Waals surface area contributed by atoms with Crippen molar-refractivity contribution >= 4 is 101 Å². The summed E-state index contributed by atoms with van der Waals surface area (Å²) in [4.78, 5) is -1.31. The van der Waals surface area contributed by atoms with Crippen LogP contribution in [0.25, 0.3) is 10.8 Å². The number of phenolic OH excluding ortho intramolecular Hbond substituents is 2. The molecule has 4 rings (SSSR count). The molecule has 0 amide bonds. The van der Waals surface area contributed by atoms with E-state index in [2.05, 4.69) is 44.8 Å². The summed E-state index contributed by atoms with van der Waals surface area (Å²) in [6.45, 7) is 3.30. The van der Waals surface area contributed by atoms with Gasteiger partial charge in [-0.3, -0.25) is 4.55 Å². The molecule has 317 valence electrons. The number of aromatic hydroxyl groups is 2. The Hall–Kier alpha value is 0.139. The van der Waals surface area contributed by atoms with Crippen molar-refractivity contribution in [3.05, 3.63) is 73.7 Å². The molecule has 0 atom stereocenters. The van der Waals surface area contributed by atoms with Gasteiger partial charge in [-0.15, -0.1) is 37.4 Å². The maximum absolute atomic E-state index is 12.3. The van der Waals surface area contributed by atoms with Crippen molar-refractivity contribution < 1.29 is 252 Å². The van der Waals surface area contributed by atoms with E-state index in [1.165, 1.54) is 36.4 Å². The minimum absolute atomic E-state index is 0. The van der Waals surface area contributed by atoms with E-state index in [1.807, 2.05) is 0 Å². The Morgan fingerprint density at radius 3 is 1.66 bits per heavy atom. The SMILES string of the molecule is O=S(=O)([O-])O.O=S(=O)=O.O=S(=O)=O.[CH2-]CS(=O)(=O)c1ccc(S(=O)(=O)[O-])c(N=Nc2c(NCS(=O)(=O)[O-])ccc3c(O)c(N=Nc4c[c-]ccc4O)[c-]cc23)c1.[Cu].[Na+].[Na+].[Na+].[Na+].[Na+]. The molecule has 0 aliphatic carbocycles. The Balaban J connectivity index is -0.000000363. The number of rotatable bonds is 10. The first-order valence-corrected chi connectivity index (χ1v) is 21.3. The van der Waals surface area contributed by atoms with Gasteiger partial charge in [0, 0.05) is 39.9 Å². The number of hydrogen-bond acceptors (Lipinski definition) is 24. The number of benzene rings is 4. The minimum Gasteiger partial charge on any atom is -0.747 e.